The summed E-state index contributed by atoms with van der Waals surface area (Å²) in [5.74, 6) is -0.897. The lowest BCUT2D eigenvalue weighted by atomic mass is 10.1. The second-order valence-corrected chi connectivity index (χ2v) is 4.98. The molecule has 0 unspecified atom stereocenters. The highest BCUT2D eigenvalue weighted by Gasteiger charge is 2.19. The molecule has 0 fully saturated rings. The third-order valence-electron chi connectivity index (χ3n) is 3.09. The van der Waals surface area contributed by atoms with Crippen LogP contribution in [0.1, 0.15) is 10.4 Å². The summed E-state index contributed by atoms with van der Waals surface area (Å²) in [7, 11) is 0. The summed E-state index contributed by atoms with van der Waals surface area (Å²) >= 11 is 5.71. The average Bonchev–Trinajstić information content (AvgIpc) is 2.49. The monoisotopic (exact) mass is 315 g/mol. The molecule has 3 aromatic rings. The van der Waals surface area contributed by atoms with Crippen LogP contribution >= 0.6 is 11.6 Å². The molecule has 0 spiro atoms. The maximum Gasteiger partial charge on any atom is 0.266 e. The first-order valence-electron chi connectivity index (χ1n) is 6.33. The largest absolute Gasteiger partial charge is 0.506 e. The number of para-hydroxylation sites is 1. The van der Waals surface area contributed by atoms with Gasteiger partial charge in [0.1, 0.15) is 17.1 Å². The molecule has 0 aliphatic rings. The first kappa shape index (κ1) is 14.1. The Morgan fingerprint density at radius 2 is 2.00 bits per heavy atom. The molecule has 0 saturated heterocycles. The van der Waals surface area contributed by atoms with Crippen molar-refractivity contribution in [2.45, 2.75) is 0 Å². The van der Waals surface area contributed by atoms with E-state index in [4.69, 9.17) is 11.6 Å². The number of nitrogens with zero attached hydrogens (tertiary/aromatic N) is 1. The molecule has 7 heteroatoms. The highest BCUT2D eigenvalue weighted by molar-refractivity contribution is 6.30. The predicted molar refractivity (Wildman–Crippen MR) is 83.4 cm³/mol. The number of carbonyl (C=O) groups is 1. The Kier molecular flexibility index (Phi) is 3.52. The number of H-pyrrole nitrogens is 1. The normalized spacial score (nSPS) is 10.6. The van der Waals surface area contributed by atoms with Crippen LogP contribution in [0, 0.1) is 0 Å². The minimum Gasteiger partial charge on any atom is -0.506 e. The number of rotatable bonds is 2. The van der Waals surface area contributed by atoms with Crippen molar-refractivity contribution >= 4 is 34.2 Å². The zero-order valence-electron chi connectivity index (χ0n) is 11.1. The van der Waals surface area contributed by atoms with E-state index in [9.17, 15) is 14.7 Å². The number of halogens is 1. The number of amides is 1. The summed E-state index contributed by atoms with van der Waals surface area (Å²) in [4.78, 5) is 30.7. The van der Waals surface area contributed by atoms with E-state index in [-0.39, 0.29) is 17.1 Å². The van der Waals surface area contributed by atoms with E-state index in [2.05, 4.69) is 15.3 Å². The van der Waals surface area contributed by atoms with Gasteiger partial charge in [0.2, 0.25) is 0 Å². The van der Waals surface area contributed by atoms with Crippen molar-refractivity contribution in [3.8, 4) is 5.75 Å². The molecule has 2 heterocycles. The van der Waals surface area contributed by atoms with Crippen LogP contribution in [0.25, 0.3) is 10.9 Å². The van der Waals surface area contributed by atoms with E-state index in [1.807, 2.05) is 0 Å². The number of aromatic nitrogens is 2. The first-order chi connectivity index (χ1) is 10.6. The lowest BCUT2D eigenvalue weighted by Gasteiger charge is -2.08. The Morgan fingerprint density at radius 1 is 1.23 bits per heavy atom. The molecule has 3 N–H and O–H groups in total. The van der Waals surface area contributed by atoms with Gasteiger partial charge in [-0.3, -0.25) is 9.59 Å². The van der Waals surface area contributed by atoms with E-state index >= 15 is 0 Å². The second-order valence-electron chi connectivity index (χ2n) is 4.54. The minimum atomic E-state index is -0.751. The standard InChI is InChI=1S/C15H10ClN3O3/c16-8-5-6-11(17-7-8)19-15(22)12-13(20)9-3-1-2-4-10(9)18-14(12)21/h1-7H,(H,17,19,22)(H2,18,20,21). The molecular weight excluding hydrogens is 306 g/mol. The van der Waals surface area contributed by atoms with Gasteiger partial charge >= 0.3 is 0 Å². The van der Waals surface area contributed by atoms with Crippen molar-refractivity contribution in [2.75, 3.05) is 5.32 Å². The number of hydrogen-bond donors (Lipinski definition) is 3. The zero-order valence-corrected chi connectivity index (χ0v) is 11.9. The minimum absolute atomic E-state index is 0.223. The van der Waals surface area contributed by atoms with Gasteiger partial charge in [-0.15, -0.1) is 0 Å². The summed E-state index contributed by atoms with van der Waals surface area (Å²) in [5, 5.41) is 13.4. The molecule has 0 bridgehead atoms. The van der Waals surface area contributed by atoms with Crippen LogP contribution in [0.2, 0.25) is 5.02 Å². The highest BCUT2D eigenvalue weighted by Crippen LogP contribution is 2.24. The molecule has 2 aromatic heterocycles. The fraction of sp³-hybridized carbons (Fsp3) is 0. The molecule has 0 radical (unpaired) electrons. The van der Waals surface area contributed by atoms with Gasteiger partial charge in [-0.1, -0.05) is 23.7 Å². The molecule has 1 aromatic carbocycles. The van der Waals surface area contributed by atoms with Gasteiger partial charge < -0.3 is 15.4 Å². The summed E-state index contributed by atoms with van der Waals surface area (Å²) in [5.41, 5.74) is -0.593. The highest BCUT2D eigenvalue weighted by atomic mass is 35.5. The van der Waals surface area contributed by atoms with Crippen LogP contribution < -0.4 is 10.9 Å². The van der Waals surface area contributed by atoms with Gasteiger partial charge in [-0.05, 0) is 24.3 Å². The van der Waals surface area contributed by atoms with Crippen molar-refractivity contribution in [1.82, 2.24) is 9.97 Å². The first-order valence-corrected chi connectivity index (χ1v) is 6.71. The molecule has 22 heavy (non-hydrogen) atoms. The van der Waals surface area contributed by atoms with Crippen LogP contribution in [0.4, 0.5) is 5.82 Å². The van der Waals surface area contributed by atoms with E-state index in [1.165, 1.54) is 12.3 Å². The van der Waals surface area contributed by atoms with Gasteiger partial charge in [-0.25, -0.2) is 4.98 Å². The Labute approximate surface area is 129 Å². The van der Waals surface area contributed by atoms with Crippen molar-refractivity contribution < 1.29 is 9.90 Å². The summed E-state index contributed by atoms with van der Waals surface area (Å²) < 4.78 is 0. The van der Waals surface area contributed by atoms with E-state index in [0.29, 0.717) is 15.9 Å². The van der Waals surface area contributed by atoms with Crippen LogP contribution in [0.5, 0.6) is 5.75 Å². The molecule has 1 amide bonds. The van der Waals surface area contributed by atoms with E-state index in [0.717, 1.165) is 0 Å². The molecule has 0 aliphatic heterocycles. The average molecular weight is 316 g/mol. The van der Waals surface area contributed by atoms with Crippen LogP contribution in [-0.4, -0.2) is 21.0 Å². The third kappa shape index (κ3) is 2.51. The number of nitrogens with one attached hydrogen (secondary N) is 2. The van der Waals surface area contributed by atoms with Crippen molar-refractivity contribution in [2.24, 2.45) is 0 Å². The number of fused-ring (bicyclic) bond motifs is 1. The molecule has 0 atom stereocenters. The third-order valence-corrected chi connectivity index (χ3v) is 3.31. The number of aromatic hydroxyl groups is 1. The van der Waals surface area contributed by atoms with Gasteiger partial charge in [0.15, 0.2) is 0 Å². The Balaban J connectivity index is 2.04. The number of aromatic amines is 1. The Bertz CT molecular complexity index is 919. The zero-order chi connectivity index (χ0) is 15.7. The fourth-order valence-corrected chi connectivity index (χ4v) is 2.18. The topological polar surface area (TPSA) is 95.1 Å². The van der Waals surface area contributed by atoms with Crippen molar-refractivity contribution in [1.29, 1.82) is 0 Å². The maximum absolute atomic E-state index is 12.2. The van der Waals surface area contributed by atoms with Crippen molar-refractivity contribution in [3.63, 3.8) is 0 Å². The lowest BCUT2D eigenvalue weighted by molar-refractivity contribution is 0.102. The molecule has 6 nitrogen and oxygen atoms in total. The smallest absolute Gasteiger partial charge is 0.266 e. The van der Waals surface area contributed by atoms with Crippen LogP contribution in [-0.2, 0) is 0 Å². The van der Waals surface area contributed by atoms with Gasteiger partial charge in [0, 0.05) is 11.6 Å². The van der Waals surface area contributed by atoms with Crippen LogP contribution in [0.15, 0.2) is 47.4 Å². The van der Waals surface area contributed by atoms with Crippen molar-refractivity contribution in [3.05, 3.63) is 63.5 Å². The summed E-state index contributed by atoms with van der Waals surface area (Å²) in [6, 6.07) is 9.70. The fourth-order valence-electron chi connectivity index (χ4n) is 2.06. The SMILES string of the molecule is O=C(Nc1ccc(Cl)cn1)c1c(O)c2ccccc2[nH]c1=O. The number of anilines is 1. The number of carbonyl (C=O) groups excluding carboxylic acids is 1. The van der Waals surface area contributed by atoms with Crippen LogP contribution in [0.3, 0.4) is 0 Å². The Morgan fingerprint density at radius 3 is 2.73 bits per heavy atom. The van der Waals surface area contributed by atoms with Gasteiger partial charge in [0.25, 0.3) is 11.5 Å². The van der Waals surface area contributed by atoms with Gasteiger partial charge in [0.05, 0.1) is 10.5 Å². The molecule has 3 rings (SSSR count). The molecule has 0 saturated carbocycles. The molecular formula is C15H10ClN3O3. The summed E-state index contributed by atoms with van der Waals surface area (Å²) in [6.07, 6.45) is 1.36. The Hall–Kier alpha value is -2.86. The second kappa shape index (κ2) is 5.50. The molecule has 110 valence electrons. The molecule has 0 aliphatic carbocycles. The number of hydrogen-bond acceptors (Lipinski definition) is 4. The summed E-state index contributed by atoms with van der Waals surface area (Å²) in [6.45, 7) is 0. The predicted octanol–water partition coefficient (Wildman–Crippen LogP) is 2.53. The van der Waals surface area contributed by atoms with E-state index in [1.54, 1.807) is 30.3 Å². The number of benzene rings is 1. The van der Waals surface area contributed by atoms with Gasteiger partial charge in [-0.2, -0.15) is 0 Å². The van der Waals surface area contributed by atoms with E-state index < -0.39 is 11.5 Å². The quantitative estimate of drug-likeness (QED) is 0.677. The number of pyridine rings is 2. The maximum atomic E-state index is 12.2. The lowest BCUT2D eigenvalue weighted by Crippen LogP contribution is -2.23.